The average molecular weight is 365 g/mol. The highest BCUT2D eigenvalue weighted by Gasteiger charge is 2.09. The van der Waals surface area contributed by atoms with E-state index in [1.54, 1.807) is 0 Å². The van der Waals surface area contributed by atoms with E-state index in [9.17, 15) is 0 Å². The summed E-state index contributed by atoms with van der Waals surface area (Å²) in [6.45, 7) is 2.85. The predicted octanol–water partition coefficient (Wildman–Crippen LogP) is 6.34. The highest BCUT2D eigenvalue weighted by molar-refractivity contribution is 6.08. The van der Waals surface area contributed by atoms with Crippen LogP contribution in [-0.2, 0) is 0 Å². The average Bonchev–Trinajstić information content (AvgIpc) is 2.67. The van der Waals surface area contributed by atoms with Gasteiger partial charge in [0, 0.05) is 16.5 Å². The first-order chi connectivity index (χ1) is 12.3. The van der Waals surface area contributed by atoms with Crippen molar-refractivity contribution in [2.45, 2.75) is 13.3 Å². The van der Waals surface area contributed by atoms with Crippen LogP contribution in [0.25, 0.3) is 21.8 Å². The highest BCUT2D eigenvalue weighted by atomic mass is 35.5. The Morgan fingerprint density at radius 1 is 0.808 bits per heavy atom. The molecule has 4 aromatic rings. The van der Waals surface area contributed by atoms with Crippen LogP contribution in [0.15, 0.2) is 72.8 Å². The predicted molar refractivity (Wildman–Crippen MR) is 112 cm³/mol. The molecule has 0 spiro atoms. The molecular weight excluding hydrogens is 344 g/mol. The Morgan fingerprint density at radius 3 is 1.96 bits per heavy atom. The number of ether oxygens (including phenoxy) is 1. The first-order valence-corrected chi connectivity index (χ1v) is 8.62. The van der Waals surface area contributed by atoms with Gasteiger partial charge in [-0.2, -0.15) is 0 Å². The molecular formula is C22H21ClN2O. The van der Waals surface area contributed by atoms with E-state index in [1.807, 2.05) is 36.4 Å². The molecule has 0 bridgehead atoms. The standard InChI is InChI=1S/C22H20N2O.ClH/c1-2-15-25-17-13-11-16(12-14-17)23-22-18-7-3-5-9-20(18)24-21-10-6-4-8-19(21)22;/h3-14H,2,15H2,1H3,(H,23,24);1H. The number of nitrogens with zero attached hydrogens (tertiary/aromatic N) is 1. The normalized spacial score (nSPS) is 10.5. The number of nitrogens with one attached hydrogen (secondary N) is 1. The molecule has 0 aliphatic carbocycles. The molecule has 3 nitrogen and oxygen atoms in total. The van der Waals surface area contributed by atoms with Crippen molar-refractivity contribution in [3.05, 3.63) is 72.8 Å². The van der Waals surface area contributed by atoms with Gasteiger partial charge >= 0.3 is 0 Å². The van der Waals surface area contributed by atoms with Crippen LogP contribution in [0.4, 0.5) is 11.4 Å². The van der Waals surface area contributed by atoms with Gasteiger partial charge in [-0.25, -0.2) is 4.98 Å². The zero-order chi connectivity index (χ0) is 17.1. The largest absolute Gasteiger partial charge is 0.494 e. The molecule has 1 aromatic heterocycles. The van der Waals surface area contributed by atoms with E-state index in [4.69, 9.17) is 9.72 Å². The zero-order valence-electron chi connectivity index (χ0n) is 14.6. The Kier molecular flexibility index (Phi) is 5.59. The van der Waals surface area contributed by atoms with Crippen LogP contribution in [0.2, 0.25) is 0 Å². The number of fused-ring (bicyclic) bond motifs is 2. The van der Waals surface area contributed by atoms with E-state index >= 15 is 0 Å². The molecule has 4 heteroatoms. The molecule has 0 amide bonds. The number of para-hydroxylation sites is 2. The Labute approximate surface area is 159 Å². The molecule has 0 radical (unpaired) electrons. The molecule has 132 valence electrons. The van der Waals surface area contributed by atoms with E-state index in [1.165, 1.54) is 0 Å². The lowest BCUT2D eigenvalue weighted by atomic mass is 10.1. The summed E-state index contributed by atoms with van der Waals surface area (Å²) in [7, 11) is 0. The molecule has 0 atom stereocenters. The third-order valence-electron chi connectivity index (χ3n) is 4.18. The second kappa shape index (κ2) is 8.07. The van der Waals surface area contributed by atoms with Gasteiger partial charge in [0.25, 0.3) is 0 Å². The van der Waals surface area contributed by atoms with Gasteiger partial charge in [-0.05, 0) is 42.8 Å². The Bertz CT molecular complexity index is 961. The summed E-state index contributed by atoms with van der Waals surface area (Å²) in [5.74, 6) is 0.900. The monoisotopic (exact) mass is 364 g/mol. The maximum absolute atomic E-state index is 5.66. The molecule has 3 aromatic carbocycles. The zero-order valence-corrected chi connectivity index (χ0v) is 15.4. The lowest BCUT2D eigenvalue weighted by Gasteiger charge is -2.14. The van der Waals surface area contributed by atoms with Gasteiger partial charge in [0.1, 0.15) is 5.75 Å². The lowest BCUT2D eigenvalue weighted by molar-refractivity contribution is 0.317. The molecule has 0 unspecified atom stereocenters. The fraction of sp³-hybridized carbons (Fsp3) is 0.136. The minimum absolute atomic E-state index is 0. The minimum atomic E-state index is 0. The van der Waals surface area contributed by atoms with E-state index in [0.29, 0.717) is 0 Å². The first kappa shape index (κ1) is 18.0. The number of hydrogen-bond donors (Lipinski definition) is 1. The van der Waals surface area contributed by atoms with E-state index < -0.39 is 0 Å². The second-order valence-corrected chi connectivity index (χ2v) is 6.02. The van der Waals surface area contributed by atoms with Crippen molar-refractivity contribution in [3.63, 3.8) is 0 Å². The van der Waals surface area contributed by atoms with Crippen molar-refractivity contribution in [1.29, 1.82) is 0 Å². The third-order valence-corrected chi connectivity index (χ3v) is 4.18. The van der Waals surface area contributed by atoms with Gasteiger partial charge in [-0.1, -0.05) is 43.3 Å². The fourth-order valence-corrected chi connectivity index (χ4v) is 2.97. The summed E-state index contributed by atoms with van der Waals surface area (Å²) < 4.78 is 5.66. The Morgan fingerprint density at radius 2 is 1.38 bits per heavy atom. The number of hydrogen-bond acceptors (Lipinski definition) is 3. The number of anilines is 2. The van der Waals surface area contributed by atoms with Gasteiger partial charge in [0.15, 0.2) is 0 Å². The molecule has 0 aliphatic heterocycles. The number of rotatable bonds is 5. The van der Waals surface area contributed by atoms with Gasteiger partial charge in [-0.3, -0.25) is 0 Å². The molecule has 4 rings (SSSR count). The van der Waals surface area contributed by atoms with Crippen molar-refractivity contribution < 1.29 is 4.74 Å². The molecule has 0 saturated heterocycles. The van der Waals surface area contributed by atoms with Crippen LogP contribution < -0.4 is 10.1 Å². The van der Waals surface area contributed by atoms with Gasteiger partial charge in [-0.15, -0.1) is 12.4 Å². The third kappa shape index (κ3) is 3.58. The molecule has 0 aliphatic rings. The maximum Gasteiger partial charge on any atom is 0.119 e. The van der Waals surface area contributed by atoms with Gasteiger partial charge < -0.3 is 10.1 Å². The smallest absolute Gasteiger partial charge is 0.119 e. The molecule has 1 N–H and O–H groups in total. The number of benzene rings is 3. The Balaban J connectivity index is 0.00000196. The second-order valence-electron chi connectivity index (χ2n) is 6.02. The van der Waals surface area contributed by atoms with Crippen LogP contribution >= 0.6 is 12.4 Å². The molecule has 0 saturated carbocycles. The fourth-order valence-electron chi connectivity index (χ4n) is 2.97. The molecule has 26 heavy (non-hydrogen) atoms. The maximum atomic E-state index is 5.66. The quantitative estimate of drug-likeness (QED) is 0.419. The Hall–Kier alpha value is -2.78. The van der Waals surface area contributed by atoms with Crippen LogP contribution in [0, 0.1) is 0 Å². The summed E-state index contributed by atoms with van der Waals surface area (Å²) in [4.78, 5) is 4.77. The van der Waals surface area contributed by atoms with Crippen LogP contribution in [0.1, 0.15) is 13.3 Å². The number of halogens is 1. The van der Waals surface area contributed by atoms with Crippen LogP contribution in [0.5, 0.6) is 5.75 Å². The van der Waals surface area contributed by atoms with Crippen molar-refractivity contribution in [3.8, 4) is 5.75 Å². The lowest BCUT2D eigenvalue weighted by Crippen LogP contribution is -1.97. The topological polar surface area (TPSA) is 34.1 Å². The van der Waals surface area contributed by atoms with Crippen LogP contribution in [-0.4, -0.2) is 11.6 Å². The number of aromatic nitrogens is 1. The molecule has 1 heterocycles. The summed E-state index contributed by atoms with van der Waals surface area (Å²) in [5, 5.41) is 5.81. The SMILES string of the molecule is CCCOc1ccc(Nc2c3ccccc3nc3ccccc23)cc1.Cl. The van der Waals surface area contributed by atoms with Gasteiger partial charge in [0.2, 0.25) is 0 Å². The first-order valence-electron chi connectivity index (χ1n) is 8.62. The van der Waals surface area contributed by atoms with Crippen molar-refractivity contribution >= 4 is 45.6 Å². The molecule has 0 fully saturated rings. The van der Waals surface area contributed by atoms with E-state index in [0.717, 1.165) is 52.0 Å². The summed E-state index contributed by atoms with van der Waals surface area (Å²) in [6, 6.07) is 24.6. The summed E-state index contributed by atoms with van der Waals surface area (Å²) >= 11 is 0. The highest BCUT2D eigenvalue weighted by Crippen LogP contribution is 2.33. The van der Waals surface area contributed by atoms with Crippen molar-refractivity contribution in [2.24, 2.45) is 0 Å². The summed E-state index contributed by atoms with van der Waals surface area (Å²) in [6.07, 6.45) is 1.01. The minimum Gasteiger partial charge on any atom is -0.494 e. The van der Waals surface area contributed by atoms with Crippen molar-refractivity contribution in [1.82, 2.24) is 4.98 Å². The van der Waals surface area contributed by atoms with Crippen molar-refractivity contribution in [2.75, 3.05) is 11.9 Å². The summed E-state index contributed by atoms with van der Waals surface area (Å²) in [5.41, 5.74) is 4.10. The van der Waals surface area contributed by atoms with Crippen LogP contribution in [0.3, 0.4) is 0 Å². The van der Waals surface area contributed by atoms with E-state index in [2.05, 4.69) is 48.6 Å². The van der Waals surface area contributed by atoms with Gasteiger partial charge in [0.05, 0.1) is 23.3 Å². The van der Waals surface area contributed by atoms with E-state index in [-0.39, 0.29) is 12.4 Å². The number of pyridine rings is 1.